The normalized spacial score (nSPS) is 14.7. The molecule has 0 bridgehead atoms. The van der Waals surface area contributed by atoms with Gasteiger partial charge >= 0.3 is 0 Å². The molecule has 0 saturated heterocycles. The van der Waals surface area contributed by atoms with Crippen molar-refractivity contribution in [3.05, 3.63) is 18.0 Å². The van der Waals surface area contributed by atoms with Gasteiger partial charge in [0.05, 0.1) is 11.9 Å². The number of nitrogens with zero attached hydrogens (tertiary/aromatic N) is 2. The smallest absolute Gasteiger partial charge is 0.271 e. The molecule has 1 aromatic heterocycles. The molecule has 6 heteroatoms. The van der Waals surface area contributed by atoms with E-state index in [2.05, 4.69) is 15.5 Å². The molecule has 1 heterocycles. The molecule has 0 unspecified atom stereocenters. The van der Waals surface area contributed by atoms with Crippen LogP contribution in [-0.4, -0.2) is 22.0 Å². The summed E-state index contributed by atoms with van der Waals surface area (Å²) in [6, 6.07) is 1.51. The van der Waals surface area contributed by atoms with Gasteiger partial charge in [0.25, 0.3) is 5.91 Å². The second kappa shape index (κ2) is 3.64. The second-order valence-electron chi connectivity index (χ2n) is 3.42. The summed E-state index contributed by atoms with van der Waals surface area (Å²) in [6.45, 7) is 0. The van der Waals surface area contributed by atoms with Crippen LogP contribution in [0.4, 0.5) is 5.69 Å². The predicted octanol–water partition coefficient (Wildman–Crippen LogP) is -0.0760. The number of nitrogens with one attached hydrogen (secondary N) is 1. The highest BCUT2D eigenvalue weighted by molar-refractivity contribution is 6.02. The summed E-state index contributed by atoms with van der Waals surface area (Å²) in [6.07, 6.45) is 3.20. The Morgan fingerprint density at radius 3 is 2.80 bits per heavy atom. The standard InChI is InChI=1S/C9H10N4O2/c10-8(14)7-6(3-4-11-13-7)12-9(15)5-1-2-5/h3-5H,1-2H2,(H2,10,14)(H,11,12,15). The largest absolute Gasteiger partial charge is 0.364 e. The van der Waals surface area contributed by atoms with Crippen molar-refractivity contribution in [3.63, 3.8) is 0 Å². The lowest BCUT2D eigenvalue weighted by Crippen LogP contribution is -2.20. The van der Waals surface area contributed by atoms with Gasteiger partial charge in [-0.15, -0.1) is 5.10 Å². The zero-order chi connectivity index (χ0) is 10.8. The molecule has 0 spiro atoms. The average molecular weight is 206 g/mol. The first-order chi connectivity index (χ1) is 7.18. The summed E-state index contributed by atoms with van der Waals surface area (Å²) in [5.41, 5.74) is 5.41. The zero-order valence-electron chi connectivity index (χ0n) is 7.93. The van der Waals surface area contributed by atoms with Gasteiger partial charge in [0.1, 0.15) is 0 Å². The monoisotopic (exact) mass is 206 g/mol. The Labute approximate surface area is 85.9 Å². The lowest BCUT2D eigenvalue weighted by Gasteiger charge is -2.05. The van der Waals surface area contributed by atoms with Gasteiger partial charge in [0.15, 0.2) is 5.69 Å². The molecule has 0 atom stereocenters. The Hall–Kier alpha value is -1.98. The van der Waals surface area contributed by atoms with Crippen molar-refractivity contribution in [1.82, 2.24) is 10.2 Å². The highest BCUT2D eigenvalue weighted by atomic mass is 16.2. The molecular formula is C9H10N4O2. The number of hydrogen-bond acceptors (Lipinski definition) is 4. The molecule has 6 nitrogen and oxygen atoms in total. The fourth-order valence-corrected chi connectivity index (χ4v) is 1.19. The number of carbonyl (C=O) groups excluding carboxylic acids is 2. The van der Waals surface area contributed by atoms with Gasteiger partial charge in [-0.3, -0.25) is 9.59 Å². The Morgan fingerprint density at radius 1 is 1.47 bits per heavy atom. The second-order valence-corrected chi connectivity index (χ2v) is 3.42. The van der Waals surface area contributed by atoms with E-state index in [-0.39, 0.29) is 17.5 Å². The van der Waals surface area contributed by atoms with Crippen molar-refractivity contribution in [2.75, 3.05) is 5.32 Å². The van der Waals surface area contributed by atoms with E-state index >= 15 is 0 Å². The van der Waals surface area contributed by atoms with Crippen LogP contribution in [-0.2, 0) is 4.79 Å². The summed E-state index contributed by atoms with van der Waals surface area (Å²) in [7, 11) is 0. The molecule has 3 N–H and O–H groups in total. The molecule has 0 aromatic carbocycles. The molecule has 2 amide bonds. The van der Waals surface area contributed by atoms with Crippen LogP contribution in [0, 0.1) is 5.92 Å². The third-order valence-electron chi connectivity index (χ3n) is 2.16. The van der Waals surface area contributed by atoms with E-state index in [1.807, 2.05) is 0 Å². The minimum atomic E-state index is -0.700. The van der Waals surface area contributed by atoms with E-state index in [1.54, 1.807) is 0 Å². The lowest BCUT2D eigenvalue weighted by atomic mass is 10.3. The van der Waals surface area contributed by atoms with Crippen molar-refractivity contribution < 1.29 is 9.59 Å². The van der Waals surface area contributed by atoms with Crippen molar-refractivity contribution in [3.8, 4) is 0 Å². The SMILES string of the molecule is NC(=O)c1nnccc1NC(=O)C1CC1. The van der Waals surface area contributed by atoms with Crippen LogP contribution in [0.5, 0.6) is 0 Å². The Balaban J connectivity index is 2.19. The van der Waals surface area contributed by atoms with Gasteiger partial charge in [0, 0.05) is 5.92 Å². The van der Waals surface area contributed by atoms with E-state index in [4.69, 9.17) is 5.73 Å². The predicted molar refractivity (Wildman–Crippen MR) is 51.9 cm³/mol. The molecule has 1 aliphatic carbocycles. The quantitative estimate of drug-likeness (QED) is 0.722. The minimum Gasteiger partial charge on any atom is -0.364 e. The summed E-state index contributed by atoms with van der Waals surface area (Å²) in [5, 5.41) is 9.72. The first-order valence-electron chi connectivity index (χ1n) is 4.61. The maximum absolute atomic E-state index is 11.4. The van der Waals surface area contributed by atoms with Gasteiger partial charge in [0.2, 0.25) is 5.91 Å². The van der Waals surface area contributed by atoms with Gasteiger partial charge in [-0.2, -0.15) is 5.10 Å². The summed E-state index contributed by atoms with van der Waals surface area (Å²) >= 11 is 0. The first kappa shape index (κ1) is 9.57. The molecule has 0 radical (unpaired) electrons. The maximum atomic E-state index is 11.4. The maximum Gasteiger partial charge on any atom is 0.271 e. The number of primary amides is 1. The fraction of sp³-hybridized carbons (Fsp3) is 0.333. The van der Waals surface area contributed by atoms with E-state index in [0.29, 0.717) is 5.69 Å². The van der Waals surface area contributed by atoms with Gasteiger partial charge < -0.3 is 11.1 Å². The Bertz CT molecular complexity index is 414. The number of amides is 2. The number of rotatable bonds is 3. The lowest BCUT2D eigenvalue weighted by molar-refractivity contribution is -0.117. The Morgan fingerprint density at radius 2 is 2.20 bits per heavy atom. The van der Waals surface area contributed by atoms with Crippen molar-refractivity contribution in [1.29, 1.82) is 0 Å². The molecule has 15 heavy (non-hydrogen) atoms. The van der Waals surface area contributed by atoms with Crippen LogP contribution >= 0.6 is 0 Å². The Kier molecular flexibility index (Phi) is 2.32. The van der Waals surface area contributed by atoms with Crippen LogP contribution in [0.3, 0.4) is 0 Å². The number of carbonyl (C=O) groups is 2. The molecule has 78 valence electrons. The zero-order valence-corrected chi connectivity index (χ0v) is 7.93. The number of aromatic nitrogens is 2. The highest BCUT2D eigenvalue weighted by Gasteiger charge is 2.30. The van der Waals surface area contributed by atoms with E-state index in [1.165, 1.54) is 12.3 Å². The fourth-order valence-electron chi connectivity index (χ4n) is 1.19. The average Bonchev–Trinajstić information content (AvgIpc) is 3.01. The van der Waals surface area contributed by atoms with Crippen LogP contribution in [0.2, 0.25) is 0 Å². The summed E-state index contributed by atoms with van der Waals surface area (Å²) in [5.74, 6) is -0.724. The third kappa shape index (κ3) is 2.09. The molecule has 1 aliphatic rings. The molecule has 0 aliphatic heterocycles. The summed E-state index contributed by atoms with van der Waals surface area (Å²) < 4.78 is 0. The topological polar surface area (TPSA) is 98.0 Å². The number of nitrogens with two attached hydrogens (primary N) is 1. The van der Waals surface area contributed by atoms with Gasteiger partial charge in [-0.1, -0.05) is 0 Å². The molecule has 2 rings (SSSR count). The van der Waals surface area contributed by atoms with Crippen molar-refractivity contribution >= 4 is 17.5 Å². The number of anilines is 1. The summed E-state index contributed by atoms with van der Waals surface area (Å²) in [4.78, 5) is 22.4. The van der Waals surface area contributed by atoms with Crippen LogP contribution in [0.15, 0.2) is 12.3 Å². The molecule has 1 saturated carbocycles. The van der Waals surface area contributed by atoms with E-state index < -0.39 is 5.91 Å². The van der Waals surface area contributed by atoms with Gasteiger partial charge in [-0.05, 0) is 18.9 Å². The minimum absolute atomic E-state index is 0.00787. The van der Waals surface area contributed by atoms with E-state index in [9.17, 15) is 9.59 Å². The van der Waals surface area contributed by atoms with Gasteiger partial charge in [-0.25, -0.2) is 0 Å². The van der Waals surface area contributed by atoms with Crippen LogP contribution in [0.1, 0.15) is 23.3 Å². The molecular weight excluding hydrogens is 196 g/mol. The van der Waals surface area contributed by atoms with Crippen LogP contribution in [0.25, 0.3) is 0 Å². The van der Waals surface area contributed by atoms with Crippen molar-refractivity contribution in [2.24, 2.45) is 11.7 Å². The van der Waals surface area contributed by atoms with Crippen molar-refractivity contribution in [2.45, 2.75) is 12.8 Å². The molecule has 1 aromatic rings. The molecule has 1 fully saturated rings. The van der Waals surface area contributed by atoms with E-state index in [0.717, 1.165) is 12.8 Å². The first-order valence-corrected chi connectivity index (χ1v) is 4.61. The highest BCUT2D eigenvalue weighted by Crippen LogP contribution is 2.30. The van der Waals surface area contributed by atoms with Crippen LogP contribution < -0.4 is 11.1 Å². The number of hydrogen-bond donors (Lipinski definition) is 2. The third-order valence-corrected chi connectivity index (χ3v) is 2.16.